The molecule has 0 radical (unpaired) electrons. The van der Waals surface area contributed by atoms with Crippen molar-refractivity contribution >= 4 is 11.6 Å². The van der Waals surface area contributed by atoms with Crippen molar-refractivity contribution in [1.29, 1.82) is 0 Å². The smallest absolute Gasteiger partial charge is 0.417 e. The number of fused-ring (bicyclic) bond motifs is 1. The minimum Gasteiger partial charge on any atom is -0.488 e. The zero-order valence-corrected chi connectivity index (χ0v) is 19.6. The molecule has 3 aromatic rings. The maximum Gasteiger partial charge on any atom is 0.417 e. The van der Waals surface area contributed by atoms with Crippen molar-refractivity contribution in [2.75, 3.05) is 26.4 Å². The number of furan rings is 1. The lowest BCUT2D eigenvalue weighted by molar-refractivity contribution is -0.137. The van der Waals surface area contributed by atoms with Gasteiger partial charge in [-0.05, 0) is 43.2 Å². The predicted octanol–water partition coefficient (Wildman–Crippen LogP) is 5.97. The van der Waals surface area contributed by atoms with Gasteiger partial charge in [0.1, 0.15) is 19.0 Å². The number of aromatic nitrogens is 1. The van der Waals surface area contributed by atoms with Gasteiger partial charge in [0.15, 0.2) is 11.5 Å². The molecule has 0 spiro atoms. The maximum atomic E-state index is 13.1. The van der Waals surface area contributed by atoms with Gasteiger partial charge in [0.25, 0.3) is 0 Å². The van der Waals surface area contributed by atoms with Gasteiger partial charge in [-0.1, -0.05) is 11.6 Å². The van der Waals surface area contributed by atoms with Gasteiger partial charge in [-0.25, -0.2) is 0 Å². The molecule has 1 fully saturated rings. The van der Waals surface area contributed by atoms with Crippen molar-refractivity contribution in [1.82, 2.24) is 9.88 Å². The largest absolute Gasteiger partial charge is 0.488 e. The minimum absolute atomic E-state index is 0.0108. The molecule has 0 amide bonds. The van der Waals surface area contributed by atoms with E-state index in [9.17, 15) is 13.2 Å². The second kappa shape index (κ2) is 10.1. The molecule has 0 bridgehead atoms. The standard InChI is InChI=1S/C25H24ClF3N2O4/c26-21-11-18(25(27,28)29)12-30-23(21)16-9-17-13-31(14-19-3-1-6-32-19)5-8-34-24(17)22(10-16)35-15-20-4-2-7-33-20/h1,3,6,9-12,20H,2,4-5,7-8,13-15H2/t20-/m1/s1. The summed E-state index contributed by atoms with van der Waals surface area (Å²) in [6, 6.07) is 8.20. The van der Waals surface area contributed by atoms with Crippen molar-refractivity contribution < 1.29 is 31.8 Å². The molecule has 1 atom stereocenters. The van der Waals surface area contributed by atoms with E-state index in [0.717, 1.165) is 36.4 Å². The molecule has 2 aromatic heterocycles. The van der Waals surface area contributed by atoms with E-state index in [4.69, 9.17) is 30.2 Å². The second-order valence-corrected chi connectivity index (χ2v) is 9.01. The molecule has 2 aliphatic rings. The lowest BCUT2D eigenvalue weighted by atomic mass is 10.0. The Morgan fingerprint density at radius 2 is 2.09 bits per heavy atom. The van der Waals surface area contributed by atoms with Gasteiger partial charge in [0, 0.05) is 37.0 Å². The van der Waals surface area contributed by atoms with Crippen LogP contribution < -0.4 is 9.47 Å². The molecular formula is C25H24ClF3N2O4. The molecule has 186 valence electrons. The van der Waals surface area contributed by atoms with Gasteiger partial charge >= 0.3 is 6.18 Å². The van der Waals surface area contributed by atoms with Gasteiger partial charge in [-0.2, -0.15) is 13.2 Å². The second-order valence-electron chi connectivity index (χ2n) is 8.60. The van der Waals surface area contributed by atoms with Crippen LogP contribution in [-0.2, 0) is 24.0 Å². The van der Waals surface area contributed by atoms with Crippen LogP contribution in [0.15, 0.2) is 47.2 Å². The van der Waals surface area contributed by atoms with Crippen molar-refractivity contribution in [3.05, 3.63) is 64.7 Å². The average Bonchev–Trinajstić information content (AvgIpc) is 3.48. The maximum absolute atomic E-state index is 13.1. The van der Waals surface area contributed by atoms with Gasteiger partial charge < -0.3 is 18.6 Å². The fourth-order valence-electron chi connectivity index (χ4n) is 4.30. The minimum atomic E-state index is -4.53. The zero-order chi connectivity index (χ0) is 24.4. The molecule has 1 aromatic carbocycles. The molecule has 0 aliphatic carbocycles. The summed E-state index contributed by atoms with van der Waals surface area (Å²) >= 11 is 6.26. The first-order valence-electron chi connectivity index (χ1n) is 11.4. The van der Waals surface area contributed by atoms with E-state index < -0.39 is 11.7 Å². The first-order valence-corrected chi connectivity index (χ1v) is 11.8. The van der Waals surface area contributed by atoms with Crippen LogP contribution in [0.25, 0.3) is 11.3 Å². The Balaban J connectivity index is 1.49. The third-order valence-corrected chi connectivity index (χ3v) is 6.32. The topological polar surface area (TPSA) is 57.0 Å². The van der Waals surface area contributed by atoms with Gasteiger partial charge in [-0.3, -0.25) is 9.88 Å². The number of hydrogen-bond donors (Lipinski definition) is 0. The molecule has 6 nitrogen and oxygen atoms in total. The summed E-state index contributed by atoms with van der Waals surface area (Å²) in [5.74, 6) is 1.93. The SMILES string of the molecule is FC(F)(F)c1cnc(-c2cc3c(c(OC[C@H]4CCCO4)c2)OCCN(Cc2ccco2)C3)c(Cl)c1. The fraction of sp³-hybridized carbons (Fsp3) is 0.400. The number of alkyl halides is 3. The lowest BCUT2D eigenvalue weighted by Gasteiger charge is -2.20. The Bertz CT molecular complexity index is 1160. The van der Waals surface area contributed by atoms with E-state index in [1.165, 1.54) is 0 Å². The predicted molar refractivity (Wildman–Crippen MR) is 122 cm³/mol. The molecule has 4 heterocycles. The third-order valence-electron chi connectivity index (χ3n) is 6.03. The fourth-order valence-corrected chi connectivity index (χ4v) is 4.58. The highest BCUT2D eigenvalue weighted by Gasteiger charge is 2.32. The Labute approximate surface area is 205 Å². The summed E-state index contributed by atoms with van der Waals surface area (Å²) in [4.78, 5) is 6.21. The third kappa shape index (κ3) is 5.58. The highest BCUT2D eigenvalue weighted by Crippen LogP contribution is 2.41. The highest BCUT2D eigenvalue weighted by molar-refractivity contribution is 6.33. The lowest BCUT2D eigenvalue weighted by Crippen LogP contribution is -2.25. The van der Waals surface area contributed by atoms with Crippen molar-refractivity contribution in [2.24, 2.45) is 0 Å². The van der Waals surface area contributed by atoms with Crippen LogP contribution in [0.1, 0.15) is 29.7 Å². The molecule has 0 saturated carbocycles. The molecule has 35 heavy (non-hydrogen) atoms. The van der Waals surface area contributed by atoms with E-state index in [-0.39, 0.29) is 16.8 Å². The molecule has 0 N–H and O–H groups in total. The molecular weight excluding hydrogens is 485 g/mol. The quantitative estimate of drug-likeness (QED) is 0.409. The molecule has 5 rings (SSSR count). The number of hydrogen-bond acceptors (Lipinski definition) is 6. The summed E-state index contributed by atoms with van der Waals surface area (Å²) in [6.45, 7) is 3.28. The van der Waals surface area contributed by atoms with Crippen LogP contribution in [0.3, 0.4) is 0 Å². The summed E-state index contributed by atoms with van der Waals surface area (Å²) < 4.78 is 62.7. The van der Waals surface area contributed by atoms with E-state index >= 15 is 0 Å². The van der Waals surface area contributed by atoms with E-state index in [2.05, 4.69) is 9.88 Å². The van der Waals surface area contributed by atoms with E-state index in [0.29, 0.717) is 56.5 Å². The number of rotatable bonds is 6. The Hall–Kier alpha value is -2.75. The summed E-state index contributed by atoms with van der Waals surface area (Å²) in [5.41, 5.74) is 0.718. The van der Waals surface area contributed by atoms with Crippen LogP contribution >= 0.6 is 11.6 Å². The Morgan fingerprint density at radius 1 is 1.20 bits per heavy atom. The number of halogens is 4. The highest BCUT2D eigenvalue weighted by atomic mass is 35.5. The van der Waals surface area contributed by atoms with Crippen LogP contribution in [0, 0.1) is 0 Å². The molecule has 0 unspecified atom stereocenters. The summed E-state index contributed by atoms with van der Waals surface area (Å²) in [6.07, 6.45) is -0.228. The number of pyridine rings is 1. The van der Waals surface area contributed by atoms with Crippen molar-refractivity contribution in [3.63, 3.8) is 0 Å². The number of benzene rings is 1. The average molecular weight is 509 g/mol. The number of ether oxygens (including phenoxy) is 3. The van der Waals surface area contributed by atoms with Crippen molar-refractivity contribution in [3.8, 4) is 22.8 Å². The van der Waals surface area contributed by atoms with E-state index in [1.807, 2.05) is 18.2 Å². The Kier molecular flexibility index (Phi) is 6.91. The molecule has 1 saturated heterocycles. The van der Waals surface area contributed by atoms with Crippen LogP contribution in [0.5, 0.6) is 11.5 Å². The summed E-state index contributed by atoms with van der Waals surface area (Å²) in [5, 5.41) is -0.0909. The Morgan fingerprint density at radius 3 is 2.80 bits per heavy atom. The normalized spacial score (nSPS) is 18.7. The van der Waals surface area contributed by atoms with Crippen LogP contribution in [0.2, 0.25) is 5.02 Å². The zero-order valence-electron chi connectivity index (χ0n) is 18.8. The van der Waals surface area contributed by atoms with Crippen LogP contribution in [-0.4, -0.2) is 42.4 Å². The van der Waals surface area contributed by atoms with Gasteiger partial charge in [-0.15, -0.1) is 0 Å². The van der Waals surface area contributed by atoms with Crippen LogP contribution in [0.4, 0.5) is 13.2 Å². The first-order chi connectivity index (χ1) is 16.9. The van der Waals surface area contributed by atoms with E-state index in [1.54, 1.807) is 12.3 Å². The molecule has 10 heteroatoms. The monoisotopic (exact) mass is 508 g/mol. The summed E-state index contributed by atoms with van der Waals surface area (Å²) in [7, 11) is 0. The number of nitrogens with zero attached hydrogens (tertiary/aromatic N) is 2. The first kappa shape index (κ1) is 24.0. The van der Waals surface area contributed by atoms with Gasteiger partial charge in [0.2, 0.25) is 0 Å². The van der Waals surface area contributed by atoms with Gasteiger partial charge in [0.05, 0.1) is 35.2 Å². The van der Waals surface area contributed by atoms with Crippen molar-refractivity contribution in [2.45, 2.75) is 38.2 Å². The molecule has 2 aliphatic heterocycles.